The Bertz CT molecular complexity index is 422. The minimum atomic E-state index is -1.84. The van der Waals surface area contributed by atoms with Crippen LogP contribution in [-0.2, 0) is 23.8 Å². The standard InChI is InChI=1S/C14H23NO6/c1-5-15(6-2)10(17)7-14(18)12-11(9(8-16)19-14)20-13(3,4)21-12/h8-9,11-12,18H,5-7H2,1-4H3/t9-,11+,12+,14?/m0/s1. The highest BCUT2D eigenvalue weighted by molar-refractivity contribution is 5.77. The van der Waals surface area contributed by atoms with Crippen molar-refractivity contribution < 1.29 is 28.9 Å². The van der Waals surface area contributed by atoms with E-state index in [0.717, 1.165) is 0 Å². The van der Waals surface area contributed by atoms with Gasteiger partial charge in [-0.3, -0.25) is 4.79 Å². The first-order valence-corrected chi connectivity index (χ1v) is 7.25. The fourth-order valence-corrected chi connectivity index (χ4v) is 2.90. The molecule has 2 fully saturated rings. The first-order valence-electron chi connectivity index (χ1n) is 7.25. The summed E-state index contributed by atoms with van der Waals surface area (Å²) in [5.74, 6) is -3.02. The van der Waals surface area contributed by atoms with Crippen molar-refractivity contribution in [2.24, 2.45) is 0 Å². The molecule has 0 saturated carbocycles. The number of nitrogens with zero attached hydrogens (tertiary/aromatic N) is 1. The monoisotopic (exact) mass is 301 g/mol. The fourth-order valence-electron chi connectivity index (χ4n) is 2.90. The molecule has 120 valence electrons. The molecule has 7 nitrogen and oxygen atoms in total. The number of hydrogen-bond acceptors (Lipinski definition) is 6. The number of aliphatic hydroxyl groups is 1. The molecule has 0 aromatic rings. The molecule has 2 aliphatic rings. The Morgan fingerprint density at radius 1 is 1.24 bits per heavy atom. The summed E-state index contributed by atoms with van der Waals surface area (Å²) in [5.41, 5.74) is 0. The topological polar surface area (TPSA) is 85.3 Å². The maximum Gasteiger partial charge on any atom is 0.228 e. The van der Waals surface area contributed by atoms with E-state index in [1.54, 1.807) is 18.7 Å². The molecule has 0 spiro atoms. The minimum Gasteiger partial charge on any atom is -0.363 e. The fraction of sp³-hybridized carbons (Fsp3) is 0.857. The maximum absolute atomic E-state index is 12.2. The van der Waals surface area contributed by atoms with Crippen molar-refractivity contribution >= 4 is 12.2 Å². The third-order valence-electron chi connectivity index (χ3n) is 3.89. The second-order valence-corrected chi connectivity index (χ2v) is 5.83. The van der Waals surface area contributed by atoms with Gasteiger partial charge in [0.15, 0.2) is 12.1 Å². The molecular formula is C14H23NO6. The van der Waals surface area contributed by atoms with Gasteiger partial charge in [0.1, 0.15) is 18.3 Å². The lowest BCUT2D eigenvalue weighted by Crippen LogP contribution is -2.47. The molecule has 7 heteroatoms. The van der Waals surface area contributed by atoms with Crippen LogP contribution in [0.5, 0.6) is 0 Å². The average Bonchev–Trinajstić information content (AvgIpc) is 2.84. The number of fused-ring (bicyclic) bond motifs is 1. The van der Waals surface area contributed by atoms with Crippen molar-refractivity contribution in [1.29, 1.82) is 0 Å². The van der Waals surface area contributed by atoms with E-state index in [1.807, 2.05) is 13.8 Å². The minimum absolute atomic E-state index is 0.249. The predicted molar refractivity (Wildman–Crippen MR) is 72.3 cm³/mol. The van der Waals surface area contributed by atoms with E-state index in [4.69, 9.17) is 14.2 Å². The van der Waals surface area contributed by atoms with Crippen molar-refractivity contribution in [1.82, 2.24) is 4.90 Å². The Morgan fingerprint density at radius 2 is 1.86 bits per heavy atom. The van der Waals surface area contributed by atoms with Crippen LogP contribution in [0.1, 0.15) is 34.1 Å². The molecule has 2 rings (SSSR count). The van der Waals surface area contributed by atoms with Crippen LogP contribution in [0.3, 0.4) is 0 Å². The van der Waals surface area contributed by atoms with Gasteiger partial charge in [-0.15, -0.1) is 0 Å². The van der Waals surface area contributed by atoms with Crippen molar-refractivity contribution in [3.05, 3.63) is 0 Å². The van der Waals surface area contributed by atoms with E-state index in [1.165, 1.54) is 0 Å². The summed E-state index contributed by atoms with van der Waals surface area (Å²) < 4.78 is 16.6. The number of aldehydes is 1. The van der Waals surface area contributed by atoms with Gasteiger partial charge in [0.2, 0.25) is 11.7 Å². The molecule has 1 amide bonds. The first kappa shape index (κ1) is 16.4. The van der Waals surface area contributed by atoms with E-state index in [9.17, 15) is 14.7 Å². The van der Waals surface area contributed by atoms with Crippen molar-refractivity contribution in [3.8, 4) is 0 Å². The summed E-state index contributed by atoms with van der Waals surface area (Å²) in [6.45, 7) is 8.19. The molecule has 1 N–H and O–H groups in total. The van der Waals surface area contributed by atoms with Crippen LogP contribution in [-0.4, -0.2) is 65.2 Å². The van der Waals surface area contributed by atoms with Gasteiger partial charge in [-0.05, 0) is 27.7 Å². The highest BCUT2D eigenvalue weighted by Crippen LogP contribution is 2.44. The summed E-state index contributed by atoms with van der Waals surface area (Å²) in [4.78, 5) is 24.9. The molecule has 21 heavy (non-hydrogen) atoms. The van der Waals surface area contributed by atoms with Crippen LogP contribution in [0, 0.1) is 0 Å². The highest BCUT2D eigenvalue weighted by atomic mass is 16.8. The van der Waals surface area contributed by atoms with Crippen LogP contribution >= 0.6 is 0 Å². The molecule has 0 aromatic carbocycles. The van der Waals surface area contributed by atoms with Crippen LogP contribution in [0.25, 0.3) is 0 Å². The van der Waals surface area contributed by atoms with E-state index in [-0.39, 0.29) is 12.3 Å². The quantitative estimate of drug-likeness (QED) is 0.722. The normalized spacial score (nSPS) is 37.3. The molecule has 2 aliphatic heterocycles. The van der Waals surface area contributed by atoms with Gasteiger partial charge in [0, 0.05) is 13.1 Å². The lowest BCUT2D eigenvalue weighted by molar-refractivity contribution is -0.270. The van der Waals surface area contributed by atoms with E-state index < -0.39 is 29.9 Å². The van der Waals surface area contributed by atoms with E-state index in [0.29, 0.717) is 19.4 Å². The maximum atomic E-state index is 12.2. The third-order valence-corrected chi connectivity index (χ3v) is 3.89. The Kier molecular flexibility index (Phi) is 4.39. The summed E-state index contributed by atoms with van der Waals surface area (Å²) in [6.07, 6.45) is -2.19. The number of ether oxygens (including phenoxy) is 3. The summed E-state index contributed by atoms with van der Waals surface area (Å²) >= 11 is 0. The average molecular weight is 301 g/mol. The Morgan fingerprint density at radius 3 is 2.38 bits per heavy atom. The van der Waals surface area contributed by atoms with Crippen molar-refractivity contribution in [2.45, 2.75) is 64.0 Å². The number of carbonyl (C=O) groups excluding carboxylic acids is 2. The van der Waals surface area contributed by atoms with Crippen LogP contribution in [0.4, 0.5) is 0 Å². The highest BCUT2D eigenvalue weighted by Gasteiger charge is 2.63. The molecule has 4 atom stereocenters. The molecule has 0 aromatic heterocycles. The Hall–Kier alpha value is -1.02. The van der Waals surface area contributed by atoms with Crippen molar-refractivity contribution in [2.75, 3.05) is 13.1 Å². The molecular weight excluding hydrogens is 278 g/mol. The lowest BCUT2D eigenvalue weighted by Gasteiger charge is -2.31. The Labute approximate surface area is 124 Å². The summed E-state index contributed by atoms with van der Waals surface area (Å²) in [5, 5.41) is 10.7. The molecule has 2 saturated heterocycles. The van der Waals surface area contributed by atoms with E-state index in [2.05, 4.69) is 0 Å². The largest absolute Gasteiger partial charge is 0.363 e. The van der Waals surface area contributed by atoms with Gasteiger partial charge in [-0.2, -0.15) is 0 Å². The second-order valence-electron chi connectivity index (χ2n) is 5.83. The molecule has 0 radical (unpaired) electrons. The van der Waals surface area contributed by atoms with Gasteiger partial charge in [0.25, 0.3) is 0 Å². The van der Waals surface area contributed by atoms with Crippen LogP contribution in [0.15, 0.2) is 0 Å². The first-order chi connectivity index (χ1) is 9.76. The zero-order valence-electron chi connectivity index (χ0n) is 12.9. The van der Waals surface area contributed by atoms with Gasteiger partial charge in [-0.25, -0.2) is 0 Å². The number of rotatable bonds is 5. The summed E-state index contributed by atoms with van der Waals surface area (Å²) in [6, 6.07) is 0. The molecule has 0 bridgehead atoms. The number of amides is 1. The number of carbonyl (C=O) groups is 2. The predicted octanol–water partition coefficient (Wildman–Crippen LogP) is 0.0513. The SMILES string of the molecule is CCN(CC)C(=O)CC1(O)O[C@@H](C=O)[C@H]2OC(C)(C)O[C@H]21. The van der Waals surface area contributed by atoms with Crippen molar-refractivity contribution in [3.63, 3.8) is 0 Å². The zero-order chi connectivity index (χ0) is 15.8. The van der Waals surface area contributed by atoms with Gasteiger partial charge < -0.3 is 29.0 Å². The lowest BCUT2D eigenvalue weighted by atomic mass is 10.0. The molecule has 0 aliphatic carbocycles. The van der Waals surface area contributed by atoms with Crippen LogP contribution in [0.2, 0.25) is 0 Å². The second kappa shape index (κ2) is 5.64. The Balaban J connectivity index is 2.17. The van der Waals surface area contributed by atoms with Crippen LogP contribution < -0.4 is 0 Å². The molecule has 1 unspecified atom stereocenters. The van der Waals surface area contributed by atoms with Gasteiger partial charge in [-0.1, -0.05) is 0 Å². The third kappa shape index (κ3) is 2.96. The summed E-state index contributed by atoms with van der Waals surface area (Å²) in [7, 11) is 0. The van der Waals surface area contributed by atoms with Gasteiger partial charge >= 0.3 is 0 Å². The van der Waals surface area contributed by atoms with Gasteiger partial charge in [0.05, 0.1) is 6.42 Å². The smallest absolute Gasteiger partial charge is 0.228 e. The number of hydrogen-bond donors (Lipinski definition) is 1. The molecule has 2 heterocycles. The van der Waals surface area contributed by atoms with E-state index >= 15 is 0 Å². The zero-order valence-corrected chi connectivity index (χ0v) is 12.9.